The number of amides is 1. The van der Waals surface area contributed by atoms with E-state index in [0.29, 0.717) is 17.2 Å². The van der Waals surface area contributed by atoms with Gasteiger partial charge >= 0.3 is 5.97 Å². The zero-order valence-corrected chi connectivity index (χ0v) is 17.3. The van der Waals surface area contributed by atoms with Crippen molar-refractivity contribution in [2.75, 3.05) is 18.5 Å². The van der Waals surface area contributed by atoms with Gasteiger partial charge in [0.1, 0.15) is 5.00 Å². The van der Waals surface area contributed by atoms with Crippen molar-refractivity contribution in [2.24, 2.45) is 0 Å². The number of ether oxygens (including phenoxy) is 1. The number of hydrogen-bond acceptors (Lipinski definition) is 5. The van der Waals surface area contributed by atoms with Gasteiger partial charge < -0.3 is 19.8 Å². The van der Waals surface area contributed by atoms with Gasteiger partial charge in [0.2, 0.25) is 0 Å². The molecule has 2 heterocycles. The van der Waals surface area contributed by atoms with Crippen molar-refractivity contribution < 1.29 is 24.1 Å². The van der Waals surface area contributed by atoms with Crippen LogP contribution in [0.15, 0.2) is 59.2 Å². The van der Waals surface area contributed by atoms with Gasteiger partial charge in [0, 0.05) is 10.4 Å². The molecule has 1 aromatic carbocycles. The van der Waals surface area contributed by atoms with Gasteiger partial charge in [-0.25, -0.2) is 4.79 Å². The maximum atomic E-state index is 12.6. The summed E-state index contributed by atoms with van der Waals surface area (Å²) in [7, 11) is 0. The number of esters is 1. The van der Waals surface area contributed by atoms with Crippen LogP contribution < -0.4 is 10.6 Å². The second-order valence-electron chi connectivity index (χ2n) is 6.42. The van der Waals surface area contributed by atoms with Crippen molar-refractivity contribution in [1.82, 2.24) is 0 Å². The number of nitrogens with one attached hydrogen (secondary N) is 1. The second kappa shape index (κ2) is 10.0. The molecule has 3 aromatic rings. The Bertz CT molecular complexity index is 935. The van der Waals surface area contributed by atoms with Crippen LogP contribution in [0.2, 0.25) is 0 Å². The Kier molecular flexibility index (Phi) is 7.21. The van der Waals surface area contributed by atoms with Crippen molar-refractivity contribution >= 4 is 28.2 Å². The highest BCUT2D eigenvalue weighted by Gasteiger charge is 2.23. The largest absolute Gasteiger partial charge is 0.463 e. The summed E-state index contributed by atoms with van der Waals surface area (Å²) in [6, 6.07) is 15.3. The Balaban J connectivity index is 1.70. The molecular formula is C22H25N2O4S+. The lowest BCUT2D eigenvalue weighted by molar-refractivity contribution is -0.678. The highest BCUT2D eigenvalue weighted by Crippen LogP contribution is 2.29. The number of rotatable bonds is 9. The Labute approximate surface area is 173 Å². The number of benzene rings is 1. The minimum Gasteiger partial charge on any atom is -0.463 e. The van der Waals surface area contributed by atoms with Gasteiger partial charge in [0.15, 0.2) is 18.3 Å². The van der Waals surface area contributed by atoms with Gasteiger partial charge in [0.05, 0.1) is 18.4 Å². The fraction of sp³-hybridized carbons (Fsp3) is 0.273. The summed E-state index contributed by atoms with van der Waals surface area (Å²) in [4.78, 5) is 25.8. The van der Waals surface area contributed by atoms with E-state index in [0.717, 1.165) is 22.6 Å². The van der Waals surface area contributed by atoms with Crippen LogP contribution in [0, 0.1) is 0 Å². The smallest absolute Gasteiger partial charge is 0.341 e. The average Bonchev–Trinajstić information content (AvgIpc) is 3.39. The Morgan fingerprint density at radius 1 is 1.17 bits per heavy atom. The first-order valence-corrected chi connectivity index (χ1v) is 10.4. The van der Waals surface area contributed by atoms with E-state index in [9.17, 15) is 9.59 Å². The number of carbonyl (C=O) groups is 2. The molecule has 0 spiro atoms. The third-order valence-electron chi connectivity index (χ3n) is 4.43. The lowest BCUT2D eigenvalue weighted by Gasteiger charge is -2.14. The van der Waals surface area contributed by atoms with Gasteiger partial charge in [-0.05, 0) is 31.5 Å². The molecule has 3 rings (SSSR count). The summed E-state index contributed by atoms with van der Waals surface area (Å²) in [6.07, 6.45) is 2.41. The first-order chi connectivity index (χ1) is 14.1. The molecule has 6 nitrogen and oxygen atoms in total. The van der Waals surface area contributed by atoms with Crippen molar-refractivity contribution in [3.63, 3.8) is 0 Å². The van der Waals surface area contributed by atoms with Crippen molar-refractivity contribution in [3.05, 3.63) is 76.6 Å². The minimum absolute atomic E-state index is 0.129. The fourth-order valence-electron chi connectivity index (χ4n) is 3.02. The van der Waals surface area contributed by atoms with Crippen LogP contribution in [0.3, 0.4) is 0 Å². The number of carbonyl (C=O) groups excluding carboxylic acids is 2. The summed E-state index contributed by atoms with van der Waals surface area (Å²) in [5.74, 6) is 0.175. The van der Waals surface area contributed by atoms with Gasteiger partial charge in [-0.15, -0.1) is 11.3 Å². The van der Waals surface area contributed by atoms with Crippen LogP contribution in [-0.4, -0.2) is 25.0 Å². The number of aryl methyl sites for hydroxylation is 1. The zero-order chi connectivity index (χ0) is 20.6. The summed E-state index contributed by atoms with van der Waals surface area (Å²) in [6.45, 7) is 4.24. The number of furan rings is 1. The molecule has 7 heteroatoms. The molecule has 0 aliphatic carbocycles. The van der Waals surface area contributed by atoms with Gasteiger partial charge in [0.25, 0.3) is 5.91 Å². The summed E-state index contributed by atoms with van der Waals surface area (Å²) in [5.41, 5.74) is 1.46. The van der Waals surface area contributed by atoms with E-state index >= 15 is 0 Å². The molecule has 0 bridgehead atoms. The van der Waals surface area contributed by atoms with Crippen LogP contribution in [0.4, 0.5) is 5.00 Å². The van der Waals surface area contributed by atoms with Crippen molar-refractivity contribution in [2.45, 2.75) is 26.3 Å². The van der Waals surface area contributed by atoms with E-state index < -0.39 is 5.97 Å². The Hall–Kier alpha value is -2.90. The van der Waals surface area contributed by atoms with Crippen molar-refractivity contribution in [3.8, 4) is 0 Å². The van der Waals surface area contributed by atoms with Gasteiger partial charge in [-0.3, -0.25) is 4.79 Å². The lowest BCUT2D eigenvalue weighted by atomic mass is 10.0. The third kappa shape index (κ3) is 5.34. The maximum Gasteiger partial charge on any atom is 0.341 e. The SMILES string of the molecule is CCOC(=O)c1cc(CC)sc1NC(=O)C[NH2+][C@H](c1ccccc1)c1ccco1. The fourth-order valence-corrected chi connectivity index (χ4v) is 4.02. The average molecular weight is 414 g/mol. The molecule has 152 valence electrons. The Morgan fingerprint density at radius 2 is 1.97 bits per heavy atom. The number of hydrogen-bond donors (Lipinski definition) is 2. The molecule has 1 atom stereocenters. The number of thiophene rings is 1. The normalized spacial score (nSPS) is 11.8. The lowest BCUT2D eigenvalue weighted by Crippen LogP contribution is -2.87. The number of nitrogens with two attached hydrogens (primary N) is 1. The Morgan fingerprint density at radius 3 is 2.62 bits per heavy atom. The number of quaternary nitrogens is 1. The van der Waals surface area contributed by atoms with Crippen molar-refractivity contribution in [1.29, 1.82) is 0 Å². The highest BCUT2D eigenvalue weighted by molar-refractivity contribution is 7.16. The minimum atomic E-state index is -0.416. The van der Waals surface area contributed by atoms with E-state index in [-0.39, 0.29) is 18.5 Å². The summed E-state index contributed by atoms with van der Waals surface area (Å²) < 4.78 is 10.7. The zero-order valence-electron chi connectivity index (χ0n) is 16.5. The molecule has 0 aliphatic heterocycles. The molecule has 0 saturated carbocycles. The van der Waals surface area contributed by atoms with E-state index in [1.54, 1.807) is 19.3 Å². The standard InChI is InChI=1S/C22H24N2O4S/c1-3-16-13-17(22(26)27-4-2)21(29-16)24-19(25)14-23-20(18-11-8-12-28-18)15-9-6-5-7-10-15/h5-13,20,23H,3-4,14H2,1-2H3,(H,24,25)/p+1/t20-/m1/s1. The topological polar surface area (TPSA) is 85.1 Å². The summed E-state index contributed by atoms with van der Waals surface area (Å²) >= 11 is 1.41. The van der Waals surface area contributed by atoms with Crippen LogP contribution in [-0.2, 0) is 16.0 Å². The van der Waals surface area contributed by atoms with Crippen LogP contribution in [0.25, 0.3) is 0 Å². The highest BCUT2D eigenvalue weighted by atomic mass is 32.1. The molecule has 0 unspecified atom stereocenters. The first-order valence-electron chi connectivity index (χ1n) is 9.63. The molecule has 29 heavy (non-hydrogen) atoms. The van der Waals surface area contributed by atoms with E-state index in [2.05, 4.69) is 5.32 Å². The molecule has 2 aromatic heterocycles. The second-order valence-corrected chi connectivity index (χ2v) is 7.56. The molecule has 0 radical (unpaired) electrons. The first kappa shape index (κ1) is 20.8. The quantitative estimate of drug-likeness (QED) is 0.527. The van der Waals surface area contributed by atoms with Crippen LogP contribution in [0.5, 0.6) is 0 Å². The van der Waals surface area contributed by atoms with E-state index in [1.807, 2.05) is 54.7 Å². The number of anilines is 1. The molecule has 0 aliphatic rings. The predicted molar refractivity (Wildman–Crippen MR) is 112 cm³/mol. The van der Waals surface area contributed by atoms with E-state index in [4.69, 9.17) is 9.15 Å². The third-order valence-corrected chi connectivity index (χ3v) is 5.62. The van der Waals surface area contributed by atoms with Gasteiger partial charge in [-0.2, -0.15) is 0 Å². The van der Waals surface area contributed by atoms with Crippen LogP contribution in [0.1, 0.15) is 46.4 Å². The molecule has 3 N–H and O–H groups in total. The monoisotopic (exact) mass is 413 g/mol. The maximum absolute atomic E-state index is 12.6. The summed E-state index contributed by atoms with van der Waals surface area (Å²) in [5, 5.41) is 5.33. The predicted octanol–water partition coefficient (Wildman–Crippen LogP) is 3.37. The van der Waals surface area contributed by atoms with Crippen LogP contribution >= 0.6 is 11.3 Å². The molecular weight excluding hydrogens is 388 g/mol. The molecule has 1 amide bonds. The van der Waals surface area contributed by atoms with E-state index in [1.165, 1.54) is 11.3 Å². The van der Waals surface area contributed by atoms with Gasteiger partial charge in [-0.1, -0.05) is 37.3 Å². The molecule has 0 fully saturated rings. The molecule has 0 saturated heterocycles.